The van der Waals surface area contributed by atoms with E-state index in [0.29, 0.717) is 51.7 Å². The number of nitrogen functional groups attached to an aromatic ring is 2. The van der Waals surface area contributed by atoms with Gasteiger partial charge < -0.3 is 26.2 Å². The van der Waals surface area contributed by atoms with E-state index >= 15 is 0 Å². The molecule has 3 heterocycles. The second kappa shape index (κ2) is 7.65. The molecule has 0 spiro atoms. The quantitative estimate of drug-likeness (QED) is 0.338. The van der Waals surface area contributed by atoms with Crippen LogP contribution in [0.15, 0.2) is 48.4 Å². The van der Waals surface area contributed by atoms with Crippen LogP contribution in [-0.2, 0) is 6.42 Å². The molecule has 0 fully saturated rings. The molecule has 8 nitrogen and oxygen atoms in total. The summed E-state index contributed by atoms with van der Waals surface area (Å²) >= 11 is 5.96. The SMILES string of the molecule is CC1(O)C(CCc2cc(F)c3cc(Cl)c(N)nc3c2)=CC(n2ccc3c(N)ncnc32)C1O. The van der Waals surface area contributed by atoms with Crippen molar-refractivity contribution in [3.63, 3.8) is 0 Å². The van der Waals surface area contributed by atoms with Gasteiger partial charge in [0.05, 0.1) is 22.0 Å². The Kier molecular flexibility index (Phi) is 5.00. The molecule has 6 N–H and O–H groups in total. The number of nitrogens with two attached hydrogens (primary N) is 2. The molecule has 3 aromatic heterocycles. The standard InChI is InChI=1S/C23H22ClFN6O2/c1-23(33)12(3-2-11-6-16(25)14-9-15(24)21(27)30-17(14)7-11)8-18(19(23)32)31-5-4-13-20(26)28-10-29-22(13)31/h4-10,18-19,32-33H,2-3H2,1H3,(H2,27,30)(H2,26,28,29). The number of aryl methyl sites for hydroxylation is 1. The van der Waals surface area contributed by atoms with Gasteiger partial charge in [0.1, 0.15) is 41.1 Å². The van der Waals surface area contributed by atoms with E-state index < -0.39 is 23.6 Å². The van der Waals surface area contributed by atoms with Crippen molar-refractivity contribution in [3.05, 3.63) is 64.8 Å². The molecule has 0 amide bonds. The van der Waals surface area contributed by atoms with Gasteiger partial charge in [-0.3, -0.25) is 0 Å². The summed E-state index contributed by atoms with van der Waals surface area (Å²) in [4.78, 5) is 12.4. The average molecular weight is 469 g/mol. The maximum atomic E-state index is 14.6. The number of hydrogen-bond donors (Lipinski definition) is 4. The number of nitrogens with zero attached hydrogens (tertiary/aromatic N) is 4. The molecule has 0 aliphatic heterocycles. The van der Waals surface area contributed by atoms with Gasteiger partial charge in [-0.1, -0.05) is 17.7 Å². The Bertz CT molecular complexity index is 1430. The summed E-state index contributed by atoms with van der Waals surface area (Å²) in [6.45, 7) is 1.57. The maximum Gasteiger partial charge on any atom is 0.146 e. The first-order valence-electron chi connectivity index (χ1n) is 10.4. The van der Waals surface area contributed by atoms with Gasteiger partial charge in [-0.05, 0) is 55.2 Å². The largest absolute Gasteiger partial charge is 0.387 e. The van der Waals surface area contributed by atoms with Gasteiger partial charge in [0.15, 0.2) is 0 Å². The molecule has 0 bridgehead atoms. The highest BCUT2D eigenvalue weighted by molar-refractivity contribution is 6.33. The Morgan fingerprint density at radius 2 is 1.94 bits per heavy atom. The molecule has 5 rings (SSSR count). The minimum atomic E-state index is -1.47. The van der Waals surface area contributed by atoms with Crippen LogP contribution in [0, 0.1) is 5.82 Å². The lowest BCUT2D eigenvalue weighted by Gasteiger charge is -2.28. The number of hydrogen-bond acceptors (Lipinski definition) is 7. The molecule has 0 saturated heterocycles. The Morgan fingerprint density at radius 3 is 2.73 bits per heavy atom. The topological polar surface area (TPSA) is 136 Å². The van der Waals surface area contributed by atoms with Crippen molar-refractivity contribution < 1.29 is 14.6 Å². The zero-order valence-electron chi connectivity index (χ0n) is 17.7. The van der Waals surface area contributed by atoms with Gasteiger partial charge in [0, 0.05) is 11.6 Å². The lowest BCUT2D eigenvalue weighted by molar-refractivity contribution is -0.0393. The molecule has 10 heteroatoms. The fourth-order valence-electron chi connectivity index (χ4n) is 4.49. The summed E-state index contributed by atoms with van der Waals surface area (Å²) in [5.74, 6) is 0.0330. The Balaban J connectivity index is 1.45. The maximum absolute atomic E-state index is 14.6. The van der Waals surface area contributed by atoms with Crippen LogP contribution >= 0.6 is 11.6 Å². The number of rotatable bonds is 4. The minimum Gasteiger partial charge on any atom is -0.387 e. The van der Waals surface area contributed by atoms with Crippen molar-refractivity contribution in [2.45, 2.75) is 37.5 Å². The highest BCUT2D eigenvalue weighted by atomic mass is 35.5. The number of fused-ring (bicyclic) bond motifs is 2. The molecular formula is C23H22ClFN6O2. The third-order valence-corrected chi connectivity index (χ3v) is 6.69. The molecular weight excluding hydrogens is 447 g/mol. The molecule has 3 unspecified atom stereocenters. The fourth-order valence-corrected chi connectivity index (χ4v) is 4.64. The van der Waals surface area contributed by atoms with Crippen molar-refractivity contribution in [2.75, 3.05) is 11.5 Å². The number of halogens is 2. The summed E-state index contributed by atoms with van der Waals surface area (Å²) in [6, 6.07) is 5.87. The molecule has 3 atom stereocenters. The first-order valence-corrected chi connectivity index (χ1v) is 10.8. The molecule has 1 aliphatic carbocycles. The van der Waals surface area contributed by atoms with Gasteiger partial charge >= 0.3 is 0 Å². The van der Waals surface area contributed by atoms with Gasteiger partial charge in [0.2, 0.25) is 0 Å². The van der Waals surface area contributed by atoms with Crippen molar-refractivity contribution >= 4 is 45.2 Å². The van der Waals surface area contributed by atoms with E-state index in [-0.39, 0.29) is 10.8 Å². The van der Waals surface area contributed by atoms with Crippen molar-refractivity contribution in [1.82, 2.24) is 19.5 Å². The van der Waals surface area contributed by atoms with E-state index in [4.69, 9.17) is 23.1 Å². The van der Waals surface area contributed by atoms with Crippen LogP contribution < -0.4 is 11.5 Å². The van der Waals surface area contributed by atoms with E-state index in [1.54, 1.807) is 29.8 Å². The highest BCUT2D eigenvalue weighted by Crippen LogP contribution is 2.41. The Hall–Kier alpha value is -3.27. The summed E-state index contributed by atoms with van der Waals surface area (Å²) in [5.41, 5.74) is 12.5. The van der Waals surface area contributed by atoms with Crippen LogP contribution in [0.2, 0.25) is 5.02 Å². The Morgan fingerprint density at radius 1 is 1.15 bits per heavy atom. The highest BCUT2D eigenvalue weighted by Gasteiger charge is 2.45. The second-order valence-electron chi connectivity index (χ2n) is 8.49. The van der Waals surface area contributed by atoms with Crippen LogP contribution in [0.3, 0.4) is 0 Å². The summed E-state index contributed by atoms with van der Waals surface area (Å²) < 4.78 is 16.4. The van der Waals surface area contributed by atoms with E-state index in [1.165, 1.54) is 18.5 Å². The minimum absolute atomic E-state index is 0.136. The van der Waals surface area contributed by atoms with Crippen LogP contribution in [0.25, 0.3) is 21.9 Å². The molecule has 0 radical (unpaired) electrons. The monoisotopic (exact) mass is 468 g/mol. The zero-order chi connectivity index (χ0) is 23.5. The van der Waals surface area contributed by atoms with Crippen LogP contribution in [0.4, 0.5) is 16.0 Å². The van der Waals surface area contributed by atoms with Gasteiger partial charge in [-0.15, -0.1) is 0 Å². The molecule has 1 aromatic carbocycles. The summed E-state index contributed by atoms with van der Waals surface area (Å²) in [7, 11) is 0. The zero-order valence-corrected chi connectivity index (χ0v) is 18.5. The lowest BCUT2D eigenvalue weighted by Crippen LogP contribution is -2.40. The first-order chi connectivity index (χ1) is 15.7. The molecule has 1 aliphatic rings. The van der Waals surface area contributed by atoms with Gasteiger partial charge in [0.25, 0.3) is 0 Å². The van der Waals surface area contributed by atoms with E-state index in [0.717, 1.165) is 0 Å². The van der Waals surface area contributed by atoms with E-state index in [9.17, 15) is 14.6 Å². The third kappa shape index (κ3) is 3.49. The van der Waals surface area contributed by atoms with Crippen LogP contribution in [0.1, 0.15) is 24.9 Å². The number of aromatic nitrogens is 4. The lowest BCUT2D eigenvalue weighted by atomic mass is 9.90. The smallest absolute Gasteiger partial charge is 0.146 e. The molecule has 170 valence electrons. The summed E-state index contributed by atoms with van der Waals surface area (Å²) in [5, 5.41) is 23.2. The molecule has 4 aromatic rings. The molecule has 0 saturated carbocycles. The normalized spacial score (nSPS) is 22.9. The number of benzene rings is 1. The van der Waals surface area contributed by atoms with Crippen LogP contribution in [0.5, 0.6) is 0 Å². The molecule has 33 heavy (non-hydrogen) atoms. The van der Waals surface area contributed by atoms with Gasteiger partial charge in [-0.25, -0.2) is 19.3 Å². The number of anilines is 2. The number of aliphatic hydroxyl groups is 2. The Labute approximate surface area is 193 Å². The van der Waals surface area contributed by atoms with Crippen molar-refractivity contribution in [3.8, 4) is 0 Å². The van der Waals surface area contributed by atoms with E-state index in [1.807, 2.05) is 6.08 Å². The van der Waals surface area contributed by atoms with Crippen molar-refractivity contribution in [1.29, 1.82) is 0 Å². The fraction of sp³-hybridized carbons (Fsp3) is 0.261. The van der Waals surface area contributed by atoms with Crippen LogP contribution in [-0.4, -0.2) is 41.4 Å². The predicted molar refractivity (Wildman–Crippen MR) is 125 cm³/mol. The predicted octanol–water partition coefficient (Wildman–Crippen LogP) is 3.16. The second-order valence-corrected chi connectivity index (χ2v) is 8.90. The third-order valence-electron chi connectivity index (χ3n) is 6.39. The summed E-state index contributed by atoms with van der Waals surface area (Å²) in [6.07, 6.45) is 4.69. The van der Waals surface area contributed by atoms with Crippen molar-refractivity contribution in [2.24, 2.45) is 0 Å². The number of aliphatic hydroxyl groups excluding tert-OH is 1. The first kappa shape index (κ1) is 21.6. The van der Waals surface area contributed by atoms with E-state index in [2.05, 4.69) is 15.0 Å². The number of pyridine rings is 1. The average Bonchev–Trinajstić information content (AvgIpc) is 3.28. The van der Waals surface area contributed by atoms with Gasteiger partial charge in [-0.2, -0.15) is 0 Å².